The molecule has 0 spiro atoms. The Morgan fingerprint density at radius 1 is 1.06 bits per heavy atom. The molecule has 9 heteroatoms. The molecule has 2 aromatic carbocycles. The van der Waals surface area contributed by atoms with Crippen molar-refractivity contribution in [1.82, 2.24) is 4.90 Å². The number of sulfonamides is 1. The third-order valence-corrected chi connectivity index (χ3v) is 8.48. The van der Waals surface area contributed by atoms with Crippen LogP contribution >= 0.6 is 11.8 Å². The van der Waals surface area contributed by atoms with E-state index >= 15 is 0 Å². The number of nitrogens with zero attached hydrogens (tertiary/aromatic N) is 2. The predicted molar refractivity (Wildman–Crippen MR) is 131 cm³/mol. The maximum absolute atomic E-state index is 13.3. The van der Waals surface area contributed by atoms with E-state index < -0.39 is 15.3 Å². The Balaban J connectivity index is 1.58. The third-order valence-electron chi connectivity index (χ3n) is 5.94. The van der Waals surface area contributed by atoms with Crippen molar-refractivity contribution in [3.05, 3.63) is 60.2 Å². The number of amides is 2. The smallest absolute Gasteiger partial charge is 0.284 e. The molecule has 0 unspecified atom stereocenters. The quantitative estimate of drug-likeness (QED) is 0.656. The molecule has 33 heavy (non-hydrogen) atoms. The van der Waals surface area contributed by atoms with E-state index in [0.29, 0.717) is 5.69 Å². The molecule has 174 valence electrons. The Kier molecular flexibility index (Phi) is 7.19. The van der Waals surface area contributed by atoms with Crippen LogP contribution in [0.1, 0.15) is 44.1 Å². The topological polar surface area (TPSA) is 95.9 Å². The Labute approximate surface area is 198 Å². The summed E-state index contributed by atoms with van der Waals surface area (Å²) in [6.07, 6.45) is 4.62. The summed E-state index contributed by atoms with van der Waals surface area (Å²) in [5.41, 5.74) is 1.62. The van der Waals surface area contributed by atoms with Crippen molar-refractivity contribution in [2.75, 3.05) is 5.32 Å². The van der Waals surface area contributed by atoms with Gasteiger partial charge in [0.25, 0.3) is 10.0 Å². The zero-order chi connectivity index (χ0) is 23.4. The Bertz CT molecular complexity index is 1160. The Morgan fingerprint density at radius 3 is 2.42 bits per heavy atom. The minimum Gasteiger partial charge on any atom is -0.326 e. The van der Waals surface area contributed by atoms with Crippen LogP contribution in [-0.4, -0.2) is 41.6 Å². The summed E-state index contributed by atoms with van der Waals surface area (Å²) in [6.45, 7) is 1.90. The zero-order valence-corrected chi connectivity index (χ0v) is 20.1. The van der Waals surface area contributed by atoms with E-state index in [2.05, 4.69) is 9.71 Å². The second-order valence-corrected chi connectivity index (χ2v) is 11.1. The summed E-state index contributed by atoms with van der Waals surface area (Å²) in [7, 11) is -3.97. The van der Waals surface area contributed by atoms with Gasteiger partial charge in [0.15, 0.2) is 5.17 Å². The van der Waals surface area contributed by atoms with Crippen LogP contribution < -0.4 is 5.32 Å². The molecule has 0 radical (unpaired) electrons. The van der Waals surface area contributed by atoms with Crippen molar-refractivity contribution >= 4 is 44.5 Å². The van der Waals surface area contributed by atoms with Crippen molar-refractivity contribution in [2.24, 2.45) is 4.40 Å². The number of amidine groups is 1. The van der Waals surface area contributed by atoms with Gasteiger partial charge in [-0.3, -0.25) is 14.5 Å². The molecular formula is C24H27N3O4S2. The van der Waals surface area contributed by atoms with Crippen LogP contribution in [0.5, 0.6) is 0 Å². The summed E-state index contributed by atoms with van der Waals surface area (Å²) in [5.74, 6) is -0.528. The highest BCUT2D eigenvalue weighted by molar-refractivity contribution is 8.16. The fraction of sp³-hybridized carbons (Fsp3) is 0.375. The molecule has 2 fully saturated rings. The molecule has 2 aromatic rings. The molecule has 7 nitrogen and oxygen atoms in total. The SMILES string of the molecule is Cc1ccccc1NC(=O)C[C@@H]1SC(=NS(=O)(=O)c2ccccc2)N(C2CCCCC2)C1=O. The summed E-state index contributed by atoms with van der Waals surface area (Å²) in [4.78, 5) is 27.7. The average molecular weight is 486 g/mol. The van der Waals surface area contributed by atoms with Crippen molar-refractivity contribution in [2.45, 2.75) is 61.6 Å². The normalized spacial score (nSPS) is 20.9. The Morgan fingerprint density at radius 2 is 1.73 bits per heavy atom. The fourth-order valence-corrected chi connectivity index (χ4v) is 6.61. The highest BCUT2D eigenvalue weighted by Crippen LogP contribution is 2.36. The molecule has 1 heterocycles. The first-order chi connectivity index (χ1) is 15.8. The van der Waals surface area contributed by atoms with Crippen molar-refractivity contribution in [3.8, 4) is 0 Å². The molecule has 1 aliphatic carbocycles. The summed E-state index contributed by atoms with van der Waals surface area (Å²) >= 11 is 1.07. The van der Waals surface area contributed by atoms with Gasteiger partial charge in [0.1, 0.15) is 5.25 Å². The number of carbonyl (C=O) groups excluding carboxylic acids is 2. The summed E-state index contributed by atoms with van der Waals surface area (Å²) in [5, 5.41) is 2.32. The van der Waals surface area contributed by atoms with Crippen LogP contribution in [0.4, 0.5) is 5.69 Å². The fourth-order valence-electron chi connectivity index (χ4n) is 4.18. The lowest BCUT2D eigenvalue weighted by Crippen LogP contribution is -2.42. The highest BCUT2D eigenvalue weighted by atomic mass is 32.2. The molecule has 4 rings (SSSR count). The molecule has 0 bridgehead atoms. The minimum atomic E-state index is -3.97. The van der Waals surface area contributed by atoms with E-state index in [4.69, 9.17) is 0 Å². The van der Waals surface area contributed by atoms with Gasteiger partial charge < -0.3 is 5.32 Å². The molecule has 1 atom stereocenters. The third kappa shape index (κ3) is 5.47. The first-order valence-electron chi connectivity index (χ1n) is 11.1. The van der Waals surface area contributed by atoms with Crippen LogP contribution in [0.2, 0.25) is 0 Å². The van der Waals surface area contributed by atoms with Gasteiger partial charge >= 0.3 is 0 Å². The number of thioether (sulfide) groups is 1. The molecule has 0 aromatic heterocycles. The lowest BCUT2D eigenvalue weighted by Gasteiger charge is -2.30. The maximum Gasteiger partial charge on any atom is 0.284 e. The van der Waals surface area contributed by atoms with E-state index in [1.807, 2.05) is 31.2 Å². The second kappa shape index (κ2) is 10.1. The van der Waals surface area contributed by atoms with E-state index in [1.54, 1.807) is 18.2 Å². The van der Waals surface area contributed by atoms with E-state index in [-0.39, 0.29) is 34.3 Å². The second-order valence-electron chi connectivity index (χ2n) is 8.34. The number of hydrogen-bond donors (Lipinski definition) is 1. The number of hydrogen-bond acceptors (Lipinski definition) is 5. The van der Waals surface area contributed by atoms with Crippen LogP contribution in [0.25, 0.3) is 0 Å². The van der Waals surface area contributed by atoms with Crippen LogP contribution in [0.3, 0.4) is 0 Å². The molecule has 1 N–H and O–H groups in total. The lowest BCUT2D eigenvalue weighted by molar-refractivity contribution is -0.130. The van der Waals surface area contributed by atoms with Gasteiger partial charge in [-0.15, -0.1) is 4.40 Å². The van der Waals surface area contributed by atoms with Gasteiger partial charge in [0.05, 0.1) is 4.90 Å². The van der Waals surface area contributed by atoms with Gasteiger partial charge in [-0.05, 0) is 43.5 Å². The monoisotopic (exact) mass is 485 g/mol. The number of anilines is 1. The number of carbonyl (C=O) groups is 2. The van der Waals surface area contributed by atoms with E-state index in [0.717, 1.165) is 49.4 Å². The van der Waals surface area contributed by atoms with Gasteiger partial charge in [-0.1, -0.05) is 67.4 Å². The zero-order valence-electron chi connectivity index (χ0n) is 18.4. The maximum atomic E-state index is 13.3. The van der Waals surface area contributed by atoms with Gasteiger partial charge in [-0.2, -0.15) is 8.42 Å². The molecule has 1 saturated carbocycles. The number of para-hydroxylation sites is 1. The largest absolute Gasteiger partial charge is 0.326 e. The van der Waals surface area contributed by atoms with Crippen molar-refractivity contribution < 1.29 is 18.0 Å². The van der Waals surface area contributed by atoms with Gasteiger partial charge in [-0.25, -0.2) is 0 Å². The molecule has 1 aliphatic heterocycles. The molecular weight excluding hydrogens is 458 g/mol. The first kappa shape index (κ1) is 23.5. The van der Waals surface area contributed by atoms with Crippen LogP contribution in [0, 0.1) is 6.92 Å². The highest BCUT2D eigenvalue weighted by Gasteiger charge is 2.43. The predicted octanol–water partition coefficient (Wildman–Crippen LogP) is 4.35. The number of nitrogens with one attached hydrogen (secondary N) is 1. The molecule has 2 amide bonds. The van der Waals surface area contributed by atoms with Crippen LogP contribution in [-0.2, 0) is 19.6 Å². The summed E-state index contributed by atoms with van der Waals surface area (Å²) in [6, 6.07) is 15.3. The average Bonchev–Trinajstić information content (AvgIpc) is 3.10. The minimum absolute atomic E-state index is 0.0501. The Hall–Kier alpha value is -2.65. The molecule has 2 aliphatic rings. The van der Waals surface area contributed by atoms with Crippen LogP contribution in [0.15, 0.2) is 63.9 Å². The number of aryl methyl sites for hydroxylation is 1. The van der Waals surface area contributed by atoms with Crippen molar-refractivity contribution in [1.29, 1.82) is 0 Å². The van der Waals surface area contributed by atoms with E-state index in [9.17, 15) is 18.0 Å². The number of rotatable bonds is 6. The standard InChI is InChI=1S/C24H27N3O4S2/c1-17-10-8-9-15-20(17)25-22(28)16-21-23(29)27(18-11-4-2-5-12-18)24(32-21)26-33(30,31)19-13-6-3-7-14-19/h3,6-10,13-15,18,21H,2,4-5,11-12,16H2,1H3,(H,25,28)/t21-/m0/s1. The molecule has 1 saturated heterocycles. The van der Waals surface area contributed by atoms with Gasteiger partial charge in [0, 0.05) is 18.2 Å². The lowest BCUT2D eigenvalue weighted by atomic mass is 9.94. The van der Waals surface area contributed by atoms with Crippen molar-refractivity contribution in [3.63, 3.8) is 0 Å². The van der Waals surface area contributed by atoms with Gasteiger partial charge in [0.2, 0.25) is 11.8 Å². The summed E-state index contributed by atoms with van der Waals surface area (Å²) < 4.78 is 29.9. The first-order valence-corrected chi connectivity index (χ1v) is 13.4. The number of benzene rings is 2. The van der Waals surface area contributed by atoms with E-state index in [1.165, 1.54) is 17.0 Å².